The van der Waals surface area contributed by atoms with E-state index in [1.165, 1.54) is 5.56 Å². The predicted molar refractivity (Wildman–Crippen MR) is 104 cm³/mol. The molecule has 0 radical (unpaired) electrons. The Labute approximate surface area is 153 Å². The second-order valence-electron chi connectivity index (χ2n) is 5.96. The first kappa shape index (κ1) is 17.7. The average molecular weight is 349 g/mol. The van der Waals surface area contributed by atoms with E-state index < -0.39 is 0 Å². The highest BCUT2D eigenvalue weighted by molar-refractivity contribution is 5.42. The van der Waals surface area contributed by atoms with Crippen LogP contribution in [0.1, 0.15) is 16.8 Å². The first-order chi connectivity index (χ1) is 12.7. The number of rotatable bonds is 8. The molecule has 0 saturated heterocycles. The van der Waals surface area contributed by atoms with Crippen molar-refractivity contribution in [3.05, 3.63) is 71.7 Å². The molecule has 26 heavy (non-hydrogen) atoms. The molecule has 0 aliphatic rings. The maximum atomic E-state index is 5.18. The fourth-order valence-corrected chi connectivity index (χ4v) is 2.55. The van der Waals surface area contributed by atoms with Crippen LogP contribution in [-0.2, 0) is 13.0 Å². The lowest BCUT2D eigenvalue weighted by Gasteiger charge is -2.10. The minimum Gasteiger partial charge on any atom is -0.497 e. The van der Waals surface area contributed by atoms with Gasteiger partial charge >= 0.3 is 0 Å². The molecule has 0 fully saturated rings. The van der Waals surface area contributed by atoms with Gasteiger partial charge in [0.25, 0.3) is 0 Å². The number of aromatic nitrogens is 3. The van der Waals surface area contributed by atoms with Crippen molar-refractivity contribution in [2.45, 2.75) is 19.9 Å². The minimum absolute atomic E-state index is 0.612. The molecule has 2 N–H and O–H groups in total. The van der Waals surface area contributed by atoms with E-state index in [-0.39, 0.29) is 0 Å². The van der Waals surface area contributed by atoms with Crippen LogP contribution in [0.4, 0.5) is 11.8 Å². The fourth-order valence-electron chi connectivity index (χ4n) is 2.55. The van der Waals surface area contributed by atoms with Crippen LogP contribution >= 0.6 is 0 Å². The van der Waals surface area contributed by atoms with E-state index in [1.54, 1.807) is 13.3 Å². The third-order valence-corrected chi connectivity index (χ3v) is 3.91. The molecule has 2 aromatic heterocycles. The van der Waals surface area contributed by atoms with Crippen LogP contribution in [0.25, 0.3) is 0 Å². The van der Waals surface area contributed by atoms with Crippen molar-refractivity contribution < 1.29 is 4.74 Å². The van der Waals surface area contributed by atoms with Crippen molar-refractivity contribution in [1.82, 2.24) is 15.0 Å². The van der Waals surface area contributed by atoms with E-state index in [1.807, 2.05) is 43.5 Å². The Bertz CT molecular complexity index is 821. The molecule has 0 unspecified atom stereocenters. The highest BCUT2D eigenvalue weighted by Crippen LogP contribution is 2.13. The topological polar surface area (TPSA) is 72.0 Å². The summed E-state index contributed by atoms with van der Waals surface area (Å²) in [6.07, 6.45) is 4.50. The number of anilines is 2. The molecule has 0 amide bonds. The summed E-state index contributed by atoms with van der Waals surface area (Å²) < 4.78 is 5.18. The Hall–Kier alpha value is -3.15. The Balaban J connectivity index is 1.54. The van der Waals surface area contributed by atoms with Gasteiger partial charge in [-0.15, -0.1) is 0 Å². The molecule has 0 aliphatic heterocycles. The van der Waals surface area contributed by atoms with Gasteiger partial charge in [0, 0.05) is 37.2 Å². The van der Waals surface area contributed by atoms with Crippen LogP contribution < -0.4 is 15.4 Å². The van der Waals surface area contributed by atoms with E-state index in [4.69, 9.17) is 4.74 Å². The lowest BCUT2D eigenvalue weighted by atomic mass is 10.1. The first-order valence-corrected chi connectivity index (χ1v) is 8.58. The smallest absolute Gasteiger partial charge is 0.225 e. The number of nitrogens with one attached hydrogen (secondary N) is 2. The van der Waals surface area contributed by atoms with Crippen molar-refractivity contribution in [1.29, 1.82) is 0 Å². The van der Waals surface area contributed by atoms with E-state index in [0.29, 0.717) is 12.5 Å². The second kappa shape index (κ2) is 8.80. The first-order valence-electron chi connectivity index (χ1n) is 8.58. The van der Waals surface area contributed by atoms with Crippen LogP contribution in [-0.4, -0.2) is 28.6 Å². The summed E-state index contributed by atoms with van der Waals surface area (Å²) in [6, 6.07) is 14.0. The highest BCUT2D eigenvalue weighted by Gasteiger charge is 2.03. The zero-order chi connectivity index (χ0) is 18.2. The minimum atomic E-state index is 0.612. The van der Waals surface area contributed by atoms with Crippen LogP contribution in [0.2, 0.25) is 0 Å². The standard InChI is InChI=1S/C20H23N5O/c1-15-12-19(22-11-9-16-5-7-18(26-2)8-6-16)25-20(24-15)23-14-17-4-3-10-21-13-17/h3-8,10,12-13H,9,11,14H2,1-2H3,(H2,22,23,24,25). The van der Waals surface area contributed by atoms with E-state index >= 15 is 0 Å². The third kappa shape index (κ3) is 5.17. The van der Waals surface area contributed by atoms with Gasteiger partial charge in [0.15, 0.2) is 0 Å². The molecular formula is C20H23N5O. The molecular weight excluding hydrogens is 326 g/mol. The molecule has 0 saturated carbocycles. The van der Waals surface area contributed by atoms with Gasteiger partial charge in [-0.25, -0.2) is 4.98 Å². The number of pyridine rings is 1. The maximum Gasteiger partial charge on any atom is 0.225 e. The summed E-state index contributed by atoms with van der Waals surface area (Å²) in [7, 11) is 1.67. The molecule has 0 atom stereocenters. The van der Waals surface area contributed by atoms with Gasteiger partial charge in [0.05, 0.1) is 7.11 Å². The Morgan fingerprint density at radius 3 is 2.58 bits per heavy atom. The lowest BCUT2D eigenvalue weighted by molar-refractivity contribution is 0.414. The molecule has 6 heteroatoms. The largest absolute Gasteiger partial charge is 0.497 e. The summed E-state index contributed by atoms with van der Waals surface area (Å²) >= 11 is 0. The molecule has 1 aromatic carbocycles. The number of aryl methyl sites for hydroxylation is 1. The van der Waals surface area contributed by atoms with Crippen LogP contribution in [0, 0.1) is 6.92 Å². The van der Waals surface area contributed by atoms with Crippen molar-refractivity contribution in [2.75, 3.05) is 24.3 Å². The maximum absolute atomic E-state index is 5.18. The Morgan fingerprint density at radius 1 is 1.00 bits per heavy atom. The summed E-state index contributed by atoms with van der Waals surface area (Å²) in [5, 5.41) is 6.61. The normalized spacial score (nSPS) is 10.4. The van der Waals surface area contributed by atoms with Gasteiger partial charge in [-0.05, 0) is 42.7 Å². The number of hydrogen-bond donors (Lipinski definition) is 2. The van der Waals surface area contributed by atoms with Gasteiger partial charge < -0.3 is 15.4 Å². The number of nitrogens with zero attached hydrogens (tertiary/aromatic N) is 3. The van der Waals surface area contributed by atoms with Gasteiger partial charge in [-0.3, -0.25) is 4.98 Å². The molecule has 134 valence electrons. The van der Waals surface area contributed by atoms with Crippen molar-refractivity contribution in [3.63, 3.8) is 0 Å². The van der Waals surface area contributed by atoms with Gasteiger partial charge in [-0.2, -0.15) is 4.98 Å². The molecule has 0 aliphatic carbocycles. The molecule has 0 spiro atoms. The molecule has 0 bridgehead atoms. The SMILES string of the molecule is COc1ccc(CCNc2cc(C)nc(NCc3cccnc3)n2)cc1. The lowest BCUT2D eigenvalue weighted by Crippen LogP contribution is -2.10. The summed E-state index contributed by atoms with van der Waals surface area (Å²) in [6.45, 7) is 3.40. The predicted octanol–water partition coefficient (Wildman–Crippen LogP) is 3.46. The Morgan fingerprint density at radius 2 is 1.85 bits per heavy atom. The van der Waals surface area contributed by atoms with Crippen molar-refractivity contribution >= 4 is 11.8 Å². The quantitative estimate of drug-likeness (QED) is 0.649. The third-order valence-electron chi connectivity index (χ3n) is 3.91. The number of benzene rings is 1. The average Bonchev–Trinajstić information content (AvgIpc) is 2.67. The molecule has 6 nitrogen and oxygen atoms in total. The monoisotopic (exact) mass is 349 g/mol. The summed E-state index contributed by atoms with van der Waals surface area (Å²) in [5.41, 5.74) is 3.26. The Kier molecular flexibility index (Phi) is 5.98. The molecule has 3 rings (SSSR count). The van der Waals surface area contributed by atoms with Crippen LogP contribution in [0.3, 0.4) is 0 Å². The number of methoxy groups -OCH3 is 1. The van der Waals surface area contributed by atoms with Gasteiger partial charge in [-0.1, -0.05) is 18.2 Å². The van der Waals surface area contributed by atoms with Crippen LogP contribution in [0.15, 0.2) is 54.9 Å². The summed E-state index contributed by atoms with van der Waals surface area (Å²) in [5.74, 6) is 2.30. The number of hydrogen-bond acceptors (Lipinski definition) is 6. The molecule has 3 aromatic rings. The van der Waals surface area contributed by atoms with E-state index in [9.17, 15) is 0 Å². The van der Waals surface area contributed by atoms with Crippen molar-refractivity contribution in [3.8, 4) is 5.75 Å². The number of ether oxygens (including phenoxy) is 1. The molecule has 2 heterocycles. The van der Waals surface area contributed by atoms with Gasteiger partial charge in [0.1, 0.15) is 11.6 Å². The van der Waals surface area contributed by atoms with E-state index in [0.717, 1.165) is 35.8 Å². The highest BCUT2D eigenvalue weighted by atomic mass is 16.5. The van der Waals surface area contributed by atoms with Crippen LogP contribution in [0.5, 0.6) is 5.75 Å². The zero-order valence-corrected chi connectivity index (χ0v) is 15.1. The fraction of sp³-hybridized carbons (Fsp3) is 0.250. The zero-order valence-electron chi connectivity index (χ0n) is 15.1. The summed E-state index contributed by atoms with van der Waals surface area (Å²) in [4.78, 5) is 13.1. The van der Waals surface area contributed by atoms with Gasteiger partial charge in [0.2, 0.25) is 5.95 Å². The van der Waals surface area contributed by atoms with E-state index in [2.05, 4.69) is 37.7 Å². The second-order valence-corrected chi connectivity index (χ2v) is 5.96. The van der Waals surface area contributed by atoms with Crippen molar-refractivity contribution in [2.24, 2.45) is 0 Å².